The number of carbonyl (C=O) groups excluding carboxylic acids is 1. The molecule has 2 heterocycles. The molecule has 25 heavy (non-hydrogen) atoms. The average molecular weight is 356 g/mol. The summed E-state index contributed by atoms with van der Waals surface area (Å²) >= 11 is 6.22. The van der Waals surface area contributed by atoms with Crippen LogP contribution in [0.2, 0.25) is 5.02 Å². The first kappa shape index (κ1) is 16.7. The molecule has 0 fully saturated rings. The molecule has 2 aromatic heterocycles. The van der Waals surface area contributed by atoms with Crippen LogP contribution in [0.3, 0.4) is 0 Å². The van der Waals surface area contributed by atoms with E-state index >= 15 is 0 Å². The van der Waals surface area contributed by atoms with Crippen LogP contribution in [0.5, 0.6) is 11.5 Å². The minimum Gasteiger partial charge on any atom is -0.456 e. The lowest BCUT2D eigenvalue weighted by molar-refractivity contribution is 0.102. The van der Waals surface area contributed by atoms with E-state index < -0.39 is 0 Å². The molecule has 0 aliphatic heterocycles. The third-order valence-electron chi connectivity index (χ3n) is 3.42. The molecule has 126 valence electrons. The van der Waals surface area contributed by atoms with E-state index in [-0.39, 0.29) is 11.5 Å². The van der Waals surface area contributed by atoms with Gasteiger partial charge in [-0.25, -0.2) is 0 Å². The number of aromatic nitrogens is 2. The highest BCUT2D eigenvalue weighted by Crippen LogP contribution is 2.31. The van der Waals surface area contributed by atoms with Crippen LogP contribution >= 0.6 is 11.6 Å². The number of halogens is 1. The molecule has 0 unspecified atom stereocenters. The molecule has 1 aromatic carbocycles. The fourth-order valence-electron chi connectivity index (χ4n) is 2.13. The molecule has 0 bridgehead atoms. The zero-order valence-electron chi connectivity index (χ0n) is 13.3. The number of amides is 1. The largest absolute Gasteiger partial charge is 0.456 e. The highest BCUT2D eigenvalue weighted by Gasteiger charge is 2.10. The van der Waals surface area contributed by atoms with Gasteiger partial charge in [0.25, 0.3) is 5.91 Å². The molecule has 0 saturated carbocycles. The second-order valence-corrected chi connectivity index (χ2v) is 5.66. The van der Waals surface area contributed by atoms with Crippen LogP contribution in [0.15, 0.2) is 65.8 Å². The van der Waals surface area contributed by atoms with Gasteiger partial charge >= 0.3 is 0 Å². The van der Waals surface area contributed by atoms with E-state index in [4.69, 9.17) is 16.3 Å². The number of rotatable bonds is 4. The Bertz CT molecular complexity index is 971. The first-order valence-corrected chi connectivity index (χ1v) is 7.76. The predicted molar refractivity (Wildman–Crippen MR) is 95.4 cm³/mol. The fourth-order valence-corrected chi connectivity index (χ4v) is 2.35. The van der Waals surface area contributed by atoms with E-state index in [1.54, 1.807) is 49.8 Å². The zero-order valence-corrected chi connectivity index (χ0v) is 14.0. The monoisotopic (exact) mass is 355 g/mol. The maximum absolute atomic E-state index is 12.3. The maximum atomic E-state index is 12.3. The first-order valence-electron chi connectivity index (χ1n) is 7.38. The average Bonchev–Trinajstić information content (AvgIpc) is 2.60. The van der Waals surface area contributed by atoms with Crippen LogP contribution in [0.4, 0.5) is 5.69 Å². The number of carbonyl (C=O) groups is 1. The lowest BCUT2D eigenvalue weighted by atomic mass is 10.2. The standard InChI is InChI=1S/C18H14ClN3O3/c1-22-11-12(2-5-17(22)23)18(24)21-13-3-4-16(15(19)10-13)25-14-6-8-20-9-7-14/h2-11H,1H3,(H,21,24). The maximum Gasteiger partial charge on any atom is 0.257 e. The normalized spacial score (nSPS) is 10.3. The molecule has 0 saturated heterocycles. The number of aryl methyl sites for hydroxylation is 1. The smallest absolute Gasteiger partial charge is 0.257 e. The number of anilines is 1. The van der Waals surface area contributed by atoms with Crippen molar-refractivity contribution in [3.05, 3.63) is 82.0 Å². The van der Waals surface area contributed by atoms with Crippen LogP contribution in [-0.2, 0) is 7.05 Å². The summed E-state index contributed by atoms with van der Waals surface area (Å²) in [5.41, 5.74) is 0.707. The van der Waals surface area contributed by atoms with Crippen LogP contribution < -0.4 is 15.6 Å². The summed E-state index contributed by atoms with van der Waals surface area (Å²) in [6.45, 7) is 0. The summed E-state index contributed by atoms with van der Waals surface area (Å²) in [5, 5.41) is 3.09. The van der Waals surface area contributed by atoms with Crippen LogP contribution in [0.25, 0.3) is 0 Å². The van der Waals surface area contributed by atoms with Crippen molar-refractivity contribution in [2.75, 3.05) is 5.32 Å². The van der Waals surface area contributed by atoms with Crippen LogP contribution in [0, 0.1) is 0 Å². The van der Waals surface area contributed by atoms with Gasteiger partial charge in [-0.05, 0) is 36.4 Å². The summed E-state index contributed by atoms with van der Waals surface area (Å²) in [4.78, 5) is 27.6. The molecule has 0 aliphatic rings. The Hall–Kier alpha value is -3.12. The molecule has 1 N–H and O–H groups in total. The van der Waals surface area contributed by atoms with Crippen molar-refractivity contribution in [2.45, 2.75) is 0 Å². The van der Waals surface area contributed by atoms with Crippen molar-refractivity contribution in [2.24, 2.45) is 7.05 Å². The van der Waals surface area contributed by atoms with Gasteiger partial charge in [0.15, 0.2) is 0 Å². The Morgan fingerprint density at radius 1 is 1.16 bits per heavy atom. The third kappa shape index (κ3) is 4.05. The quantitative estimate of drug-likeness (QED) is 0.777. The molecule has 0 radical (unpaired) electrons. The van der Waals surface area contributed by atoms with E-state index in [9.17, 15) is 9.59 Å². The fraction of sp³-hybridized carbons (Fsp3) is 0.0556. The second kappa shape index (κ2) is 7.19. The minimum atomic E-state index is -0.338. The minimum absolute atomic E-state index is 0.183. The summed E-state index contributed by atoms with van der Waals surface area (Å²) in [6, 6.07) is 11.2. The Labute approximate surface area is 148 Å². The van der Waals surface area contributed by atoms with Crippen molar-refractivity contribution in [3.8, 4) is 11.5 Å². The van der Waals surface area contributed by atoms with Gasteiger partial charge in [-0.2, -0.15) is 0 Å². The number of ether oxygens (including phenoxy) is 1. The molecule has 0 atom stereocenters. The van der Waals surface area contributed by atoms with Crippen molar-refractivity contribution in [1.29, 1.82) is 0 Å². The zero-order chi connectivity index (χ0) is 17.8. The lowest BCUT2D eigenvalue weighted by Crippen LogP contribution is -2.19. The summed E-state index contributed by atoms with van der Waals surface area (Å²) in [6.07, 6.45) is 4.70. The van der Waals surface area contributed by atoms with E-state index in [2.05, 4.69) is 10.3 Å². The number of nitrogens with zero attached hydrogens (tertiary/aromatic N) is 2. The van der Waals surface area contributed by atoms with Gasteiger partial charge in [-0.15, -0.1) is 0 Å². The van der Waals surface area contributed by atoms with Gasteiger partial charge in [0, 0.05) is 37.4 Å². The molecule has 0 aliphatic carbocycles. The molecular weight excluding hydrogens is 342 g/mol. The summed E-state index contributed by atoms with van der Waals surface area (Å²) < 4.78 is 7.00. The Morgan fingerprint density at radius 3 is 2.60 bits per heavy atom. The number of nitrogens with one attached hydrogen (secondary N) is 1. The molecule has 3 rings (SSSR count). The van der Waals surface area contributed by atoms with Crippen molar-refractivity contribution in [3.63, 3.8) is 0 Å². The number of hydrogen-bond acceptors (Lipinski definition) is 4. The molecule has 1 amide bonds. The van der Waals surface area contributed by atoms with E-state index in [0.29, 0.717) is 27.8 Å². The second-order valence-electron chi connectivity index (χ2n) is 5.25. The van der Waals surface area contributed by atoms with Gasteiger partial charge < -0.3 is 14.6 Å². The molecule has 7 heteroatoms. The van der Waals surface area contributed by atoms with Crippen molar-refractivity contribution in [1.82, 2.24) is 9.55 Å². The van der Waals surface area contributed by atoms with Crippen molar-refractivity contribution >= 4 is 23.2 Å². The van der Waals surface area contributed by atoms with Gasteiger partial charge in [0.2, 0.25) is 5.56 Å². The number of hydrogen-bond donors (Lipinski definition) is 1. The Balaban J connectivity index is 1.75. The van der Waals surface area contributed by atoms with Crippen LogP contribution in [-0.4, -0.2) is 15.5 Å². The summed E-state index contributed by atoms with van der Waals surface area (Å²) in [7, 11) is 1.58. The number of pyridine rings is 2. The Kier molecular flexibility index (Phi) is 4.81. The predicted octanol–water partition coefficient (Wildman–Crippen LogP) is 3.48. The first-order chi connectivity index (χ1) is 12.0. The molecular formula is C18H14ClN3O3. The van der Waals surface area contributed by atoms with E-state index in [1.807, 2.05) is 0 Å². The number of benzene rings is 1. The SMILES string of the molecule is Cn1cc(C(=O)Nc2ccc(Oc3ccncc3)c(Cl)c2)ccc1=O. The van der Waals surface area contributed by atoms with Gasteiger partial charge in [-0.3, -0.25) is 14.6 Å². The highest BCUT2D eigenvalue weighted by molar-refractivity contribution is 6.32. The topological polar surface area (TPSA) is 73.2 Å². The molecule has 3 aromatic rings. The molecule has 0 spiro atoms. The Morgan fingerprint density at radius 2 is 1.92 bits per heavy atom. The van der Waals surface area contributed by atoms with Crippen LogP contribution in [0.1, 0.15) is 10.4 Å². The third-order valence-corrected chi connectivity index (χ3v) is 3.71. The van der Waals surface area contributed by atoms with E-state index in [1.165, 1.54) is 22.9 Å². The van der Waals surface area contributed by atoms with Gasteiger partial charge in [0.05, 0.1) is 10.6 Å². The summed E-state index contributed by atoms with van der Waals surface area (Å²) in [5.74, 6) is 0.737. The molecule has 6 nitrogen and oxygen atoms in total. The highest BCUT2D eigenvalue weighted by atomic mass is 35.5. The van der Waals surface area contributed by atoms with Gasteiger partial charge in [0.1, 0.15) is 11.5 Å². The van der Waals surface area contributed by atoms with Gasteiger partial charge in [-0.1, -0.05) is 11.6 Å². The van der Waals surface area contributed by atoms with E-state index in [0.717, 1.165) is 0 Å². The van der Waals surface area contributed by atoms with Crippen molar-refractivity contribution < 1.29 is 9.53 Å². The lowest BCUT2D eigenvalue weighted by Gasteiger charge is -2.10.